The van der Waals surface area contributed by atoms with Crippen LogP contribution < -0.4 is 16.0 Å². The van der Waals surface area contributed by atoms with E-state index in [0.29, 0.717) is 6.42 Å². The second-order valence-electron chi connectivity index (χ2n) is 14.3. The SMILES string of the molecule is C=CCNC(=O)C(=O)C(CC1CC1)NC(=O)[C@@H]1[C@@H]2C(CN1C(=O)[C@@H](NC(=O)OC(C)(C)C)C1CCC(F)(F)CC1)C2(C)C. The van der Waals surface area contributed by atoms with Crippen LogP contribution in [0.5, 0.6) is 0 Å². The smallest absolute Gasteiger partial charge is 0.408 e. The van der Waals surface area contributed by atoms with Gasteiger partial charge in [-0.3, -0.25) is 19.2 Å². The maximum Gasteiger partial charge on any atom is 0.408 e. The Bertz CT molecular complexity index is 1140. The number of halogens is 2. The van der Waals surface area contributed by atoms with Gasteiger partial charge in [0.05, 0.1) is 6.04 Å². The lowest BCUT2D eigenvalue weighted by Crippen LogP contribution is -2.60. The molecule has 0 radical (unpaired) electrons. The van der Waals surface area contributed by atoms with Crippen molar-refractivity contribution in [1.82, 2.24) is 20.9 Å². The van der Waals surface area contributed by atoms with E-state index in [1.165, 1.54) is 11.0 Å². The second-order valence-corrected chi connectivity index (χ2v) is 14.3. The van der Waals surface area contributed by atoms with Crippen LogP contribution in [0.25, 0.3) is 0 Å². The van der Waals surface area contributed by atoms with Crippen LogP contribution in [0.3, 0.4) is 0 Å². The first kappa shape index (κ1) is 32.9. The standard InChI is InChI=1S/C31H46F2N4O6/c1-7-14-34-26(40)24(38)20(15-17-8-9-17)35-25(39)23-21-19(30(21,5)6)16-37(23)27(41)22(36-28(42)43-29(2,3)4)18-10-12-31(32,33)13-11-18/h7,17-23H,1,8-16H2,2-6H3,(H,34,40)(H,35,39)(H,36,42)/t19?,20?,21-,22-,23-/m0/s1. The Hall–Kier alpha value is -3.05. The van der Waals surface area contributed by atoms with Crippen molar-refractivity contribution >= 4 is 29.6 Å². The van der Waals surface area contributed by atoms with Gasteiger partial charge >= 0.3 is 6.09 Å². The topological polar surface area (TPSA) is 134 Å². The molecule has 4 fully saturated rings. The summed E-state index contributed by atoms with van der Waals surface area (Å²) in [5.41, 5.74) is -1.09. The molecule has 3 N–H and O–H groups in total. The fourth-order valence-electron chi connectivity index (χ4n) is 6.79. The Morgan fingerprint density at radius 3 is 2.23 bits per heavy atom. The number of alkyl carbamates (subject to hydrolysis) is 1. The Morgan fingerprint density at radius 2 is 1.67 bits per heavy atom. The molecule has 5 atom stereocenters. The maximum atomic E-state index is 14.2. The van der Waals surface area contributed by atoms with Gasteiger partial charge in [0, 0.05) is 25.9 Å². The van der Waals surface area contributed by atoms with Crippen LogP contribution in [-0.4, -0.2) is 77.2 Å². The molecule has 4 aliphatic rings. The van der Waals surface area contributed by atoms with Crippen molar-refractivity contribution in [3.8, 4) is 0 Å². The number of piperidine rings is 1. The van der Waals surface area contributed by atoms with Crippen molar-refractivity contribution in [3.63, 3.8) is 0 Å². The molecule has 1 saturated heterocycles. The van der Waals surface area contributed by atoms with E-state index in [1.807, 2.05) is 13.8 Å². The molecular weight excluding hydrogens is 562 g/mol. The molecular formula is C31H46F2N4O6. The van der Waals surface area contributed by atoms with Crippen LogP contribution in [0.4, 0.5) is 13.6 Å². The van der Waals surface area contributed by atoms with Crippen molar-refractivity contribution in [1.29, 1.82) is 0 Å². The number of fused-ring (bicyclic) bond motifs is 1. The summed E-state index contributed by atoms with van der Waals surface area (Å²) < 4.78 is 33.4. The molecule has 10 nitrogen and oxygen atoms in total. The van der Waals surface area contributed by atoms with Crippen LogP contribution in [0.15, 0.2) is 12.7 Å². The number of hydrogen-bond acceptors (Lipinski definition) is 6. The van der Waals surface area contributed by atoms with Crippen LogP contribution in [0.2, 0.25) is 0 Å². The number of rotatable bonds is 11. The highest BCUT2D eigenvalue weighted by atomic mass is 19.3. The van der Waals surface area contributed by atoms with E-state index in [4.69, 9.17) is 4.74 Å². The molecule has 0 aromatic heterocycles. The average Bonchev–Trinajstić information content (AvgIpc) is 3.76. The summed E-state index contributed by atoms with van der Waals surface area (Å²) >= 11 is 0. The quantitative estimate of drug-likeness (QED) is 0.243. The Kier molecular flexibility index (Phi) is 9.28. The largest absolute Gasteiger partial charge is 0.444 e. The fraction of sp³-hybridized carbons (Fsp3) is 0.774. The van der Waals surface area contributed by atoms with Crippen molar-refractivity contribution < 1.29 is 37.5 Å². The third kappa shape index (κ3) is 7.73. The number of ketones is 1. The number of Topliss-reactive ketones (excluding diaryl/α,β-unsaturated/α-hetero) is 1. The van der Waals surface area contributed by atoms with Crippen LogP contribution >= 0.6 is 0 Å². The lowest BCUT2D eigenvalue weighted by molar-refractivity contribution is -0.145. The number of carbonyl (C=O) groups excluding carboxylic acids is 5. The number of carbonyl (C=O) groups is 5. The van der Waals surface area contributed by atoms with Gasteiger partial charge in [0.15, 0.2) is 0 Å². The number of alkyl halides is 2. The van der Waals surface area contributed by atoms with Crippen molar-refractivity contribution in [2.75, 3.05) is 13.1 Å². The van der Waals surface area contributed by atoms with Crippen molar-refractivity contribution in [2.24, 2.45) is 29.1 Å². The summed E-state index contributed by atoms with van der Waals surface area (Å²) in [6.45, 7) is 13.0. The molecule has 43 heavy (non-hydrogen) atoms. The van der Waals surface area contributed by atoms with E-state index in [9.17, 15) is 32.8 Å². The van der Waals surface area contributed by atoms with Gasteiger partial charge in [-0.25, -0.2) is 13.6 Å². The number of nitrogens with zero attached hydrogens (tertiary/aromatic N) is 1. The van der Waals surface area contributed by atoms with Crippen LogP contribution in [-0.2, 0) is 23.9 Å². The Balaban J connectivity index is 1.56. The van der Waals surface area contributed by atoms with Crippen LogP contribution in [0.1, 0.15) is 79.6 Å². The molecule has 0 aromatic rings. The van der Waals surface area contributed by atoms with Gasteiger partial charge in [-0.2, -0.15) is 0 Å². The van der Waals surface area contributed by atoms with Crippen molar-refractivity contribution in [3.05, 3.63) is 12.7 Å². The minimum atomic E-state index is -2.83. The molecule has 3 saturated carbocycles. The van der Waals surface area contributed by atoms with Crippen molar-refractivity contribution in [2.45, 2.75) is 109 Å². The van der Waals surface area contributed by atoms with E-state index >= 15 is 0 Å². The zero-order chi connectivity index (χ0) is 31.9. The van der Waals surface area contributed by atoms with E-state index in [-0.39, 0.29) is 49.1 Å². The summed E-state index contributed by atoms with van der Waals surface area (Å²) in [6, 6.07) is -3.14. The molecule has 4 amide bonds. The minimum Gasteiger partial charge on any atom is -0.444 e. The van der Waals surface area contributed by atoms with Gasteiger partial charge in [-0.15, -0.1) is 6.58 Å². The highest BCUT2D eigenvalue weighted by Gasteiger charge is 2.70. The van der Waals surface area contributed by atoms with Gasteiger partial charge < -0.3 is 25.6 Å². The highest BCUT2D eigenvalue weighted by Crippen LogP contribution is 2.65. The normalized spacial score (nSPS) is 27.2. The van der Waals surface area contributed by atoms with Gasteiger partial charge in [0.2, 0.25) is 23.5 Å². The molecule has 0 spiro atoms. The molecule has 0 aromatic carbocycles. The van der Waals surface area contributed by atoms with Crippen LogP contribution in [0, 0.1) is 29.1 Å². The van der Waals surface area contributed by atoms with E-state index in [2.05, 4.69) is 22.5 Å². The van der Waals surface area contributed by atoms with Gasteiger partial charge in [-0.1, -0.05) is 32.8 Å². The summed E-state index contributed by atoms with van der Waals surface area (Å²) in [7, 11) is 0. The number of likely N-dealkylation sites (tertiary alicyclic amines) is 1. The second kappa shape index (κ2) is 12.1. The van der Waals surface area contributed by atoms with Gasteiger partial charge in [0.25, 0.3) is 5.91 Å². The Morgan fingerprint density at radius 1 is 1.05 bits per heavy atom. The average molecular weight is 609 g/mol. The van der Waals surface area contributed by atoms with E-state index in [1.54, 1.807) is 20.8 Å². The zero-order valence-corrected chi connectivity index (χ0v) is 25.8. The maximum absolute atomic E-state index is 14.2. The summed E-state index contributed by atoms with van der Waals surface area (Å²) in [5, 5.41) is 7.90. The number of amides is 4. The molecule has 12 heteroatoms. The third-order valence-electron chi connectivity index (χ3n) is 9.46. The predicted molar refractivity (Wildman–Crippen MR) is 154 cm³/mol. The number of hydrogen-bond donors (Lipinski definition) is 3. The van der Waals surface area contributed by atoms with Gasteiger partial charge in [0.1, 0.15) is 17.7 Å². The first-order chi connectivity index (χ1) is 19.9. The highest BCUT2D eigenvalue weighted by molar-refractivity contribution is 6.38. The molecule has 4 rings (SSSR count). The number of ether oxygens (including phenoxy) is 1. The fourth-order valence-corrected chi connectivity index (χ4v) is 6.79. The first-order valence-corrected chi connectivity index (χ1v) is 15.4. The zero-order valence-electron chi connectivity index (χ0n) is 25.8. The number of nitrogens with one attached hydrogen (secondary N) is 3. The molecule has 240 valence electrons. The summed E-state index contributed by atoms with van der Waals surface area (Å²) in [5.74, 6) is -5.99. The predicted octanol–water partition coefficient (Wildman–Crippen LogP) is 3.34. The summed E-state index contributed by atoms with van der Waals surface area (Å²) in [4.78, 5) is 67.8. The van der Waals surface area contributed by atoms with E-state index in [0.717, 1.165) is 12.8 Å². The first-order valence-electron chi connectivity index (χ1n) is 15.4. The third-order valence-corrected chi connectivity index (χ3v) is 9.46. The summed E-state index contributed by atoms with van der Waals surface area (Å²) in [6.07, 6.45) is 1.98. The minimum absolute atomic E-state index is 0.0125. The molecule has 3 aliphatic carbocycles. The lowest BCUT2D eigenvalue weighted by Gasteiger charge is -2.38. The monoisotopic (exact) mass is 608 g/mol. The molecule has 1 heterocycles. The van der Waals surface area contributed by atoms with E-state index < -0.39 is 78.0 Å². The molecule has 1 aliphatic heterocycles. The van der Waals surface area contributed by atoms with Gasteiger partial charge in [-0.05, 0) is 69.1 Å². The molecule has 2 unspecified atom stereocenters. The molecule has 0 bridgehead atoms. The Labute approximate surface area is 252 Å². The lowest BCUT2D eigenvalue weighted by atomic mass is 9.81.